The van der Waals surface area contributed by atoms with Gasteiger partial charge in [0.1, 0.15) is 0 Å². The minimum atomic E-state index is -3.81. The van der Waals surface area contributed by atoms with E-state index in [2.05, 4.69) is 6.58 Å². The SMILES string of the molecule is C=CCP(=O)(OC(OCCOC)OCCOC)OC(OCCOC)OCCOC. The smallest absolute Gasteiger partial charge is 0.342 e. The van der Waals surface area contributed by atoms with Crippen molar-refractivity contribution in [1.29, 1.82) is 0 Å². The van der Waals surface area contributed by atoms with Crippen LogP contribution in [0.3, 0.4) is 0 Å². The van der Waals surface area contributed by atoms with Gasteiger partial charge in [-0.3, -0.25) is 13.6 Å². The Hall–Kier alpha value is -0.430. The molecule has 0 rings (SSSR count). The van der Waals surface area contributed by atoms with Crippen molar-refractivity contribution in [3.63, 3.8) is 0 Å². The lowest BCUT2D eigenvalue weighted by Gasteiger charge is -2.27. The lowest BCUT2D eigenvalue weighted by molar-refractivity contribution is -0.278. The maximum Gasteiger partial charge on any atom is 0.342 e. The third-order valence-electron chi connectivity index (χ3n) is 3.01. The van der Waals surface area contributed by atoms with Gasteiger partial charge in [-0.2, -0.15) is 0 Å². The number of rotatable bonds is 22. The minimum absolute atomic E-state index is 0.122. The highest BCUT2D eigenvalue weighted by Crippen LogP contribution is 2.51. The monoisotopic (exact) mass is 446 g/mol. The first-order chi connectivity index (χ1) is 14.0. The van der Waals surface area contributed by atoms with Crippen molar-refractivity contribution < 1.29 is 51.5 Å². The predicted octanol–water partition coefficient (Wildman–Crippen LogP) is 1.62. The first-order valence-electron chi connectivity index (χ1n) is 9.04. The second-order valence-corrected chi connectivity index (χ2v) is 7.33. The van der Waals surface area contributed by atoms with E-state index in [9.17, 15) is 4.57 Å². The molecule has 0 bridgehead atoms. The standard InChI is InChI=1S/C17H35O11P/c1-6-15-29(18,27-16(23-11-7-19-2)24-12-8-20-3)28-17(25-13-9-21-4)26-14-10-22-5/h6,16-17H,1,7-15H2,2-5H3. The van der Waals surface area contributed by atoms with E-state index in [-0.39, 0.29) is 32.6 Å². The number of methoxy groups -OCH3 is 4. The van der Waals surface area contributed by atoms with E-state index < -0.39 is 20.5 Å². The third kappa shape index (κ3) is 16.0. The van der Waals surface area contributed by atoms with Crippen molar-refractivity contribution in [1.82, 2.24) is 0 Å². The molecule has 0 aromatic heterocycles. The van der Waals surface area contributed by atoms with Gasteiger partial charge in [0.15, 0.2) is 0 Å². The molecule has 0 saturated heterocycles. The summed E-state index contributed by atoms with van der Waals surface area (Å²) >= 11 is 0. The molecule has 0 aliphatic rings. The highest BCUT2D eigenvalue weighted by Gasteiger charge is 2.33. The Morgan fingerprint density at radius 2 is 0.966 bits per heavy atom. The first-order valence-corrected chi connectivity index (χ1v) is 10.8. The lowest BCUT2D eigenvalue weighted by Crippen LogP contribution is -2.28. The van der Waals surface area contributed by atoms with Crippen LogP contribution in [-0.4, -0.2) is 100 Å². The molecule has 12 heteroatoms. The van der Waals surface area contributed by atoms with Crippen LogP contribution in [0, 0.1) is 0 Å². The summed E-state index contributed by atoms with van der Waals surface area (Å²) in [5.41, 5.74) is 0. The van der Waals surface area contributed by atoms with Crippen molar-refractivity contribution >= 4 is 7.60 Å². The zero-order valence-electron chi connectivity index (χ0n) is 17.7. The molecule has 11 nitrogen and oxygen atoms in total. The molecule has 0 heterocycles. The van der Waals surface area contributed by atoms with E-state index in [1.54, 1.807) is 0 Å². The van der Waals surface area contributed by atoms with E-state index in [1.165, 1.54) is 34.5 Å². The molecule has 29 heavy (non-hydrogen) atoms. The number of hydrogen-bond acceptors (Lipinski definition) is 11. The second-order valence-electron chi connectivity index (χ2n) is 5.32. The zero-order valence-corrected chi connectivity index (χ0v) is 18.6. The van der Waals surface area contributed by atoms with E-state index in [0.29, 0.717) is 26.4 Å². The van der Waals surface area contributed by atoms with Gasteiger partial charge < -0.3 is 37.9 Å². The van der Waals surface area contributed by atoms with Crippen LogP contribution in [0.25, 0.3) is 0 Å². The third-order valence-corrected chi connectivity index (χ3v) is 4.70. The van der Waals surface area contributed by atoms with Crippen LogP contribution < -0.4 is 0 Å². The van der Waals surface area contributed by atoms with Gasteiger partial charge in [0.25, 0.3) is 13.0 Å². The Balaban J connectivity index is 5.05. The summed E-state index contributed by atoms with van der Waals surface area (Å²) in [6.07, 6.45) is 1.27. The Bertz CT molecular complexity index is 374. The molecule has 0 spiro atoms. The average Bonchev–Trinajstić information content (AvgIpc) is 2.68. The molecule has 0 fully saturated rings. The molecule has 0 N–H and O–H groups in total. The number of ether oxygens (including phenoxy) is 8. The lowest BCUT2D eigenvalue weighted by atomic mass is 10.8. The fourth-order valence-corrected chi connectivity index (χ4v) is 2.97. The van der Waals surface area contributed by atoms with Crippen LogP contribution in [0.2, 0.25) is 0 Å². The molecule has 0 aromatic rings. The zero-order chi connectivity index (χ0) is 21.8. The van der Waals surface area contributed by atoms with Crippen LogP contribution >= 0.6 is 7.60 Å². The van der Waals surface area contributed by atoms with Crippen LogP contribution in [-0.2, 0) is 51.5 Å². The van der Waals surface area contributed by atoms with E-state index >= 15 is 0 Å². The van der Waals surface area contributed by atoms with Crippen LogP contribution in [0.4, 0.5) is 0 Å². The van der Waals surface area contributed by atoms with Gasteiger partial charge in [0.05, 0.1) is 59.0 Å². The molecule has 0 radical (unpaired) electrons. The van der Waals surface area contributed by atoms with E-state index in [0.717, 1.165) is 0 Å². The predicted molar refractivity (Wildman–Crippen MR) is 104 cm³/mol. The molecule has 0 aromatic carbocycles. The minimum Gasteiger partial charge on any atom is -0.382 e. The Kier molecular flexibility index (Phi) is 19.2. The molecule has 0 atom stereocenters. The van der Waals surface area contributed by atoms with Crippen molar-refractivity contribution in [2.75, 3.05) is 87.5 Å². The van der Waals surface area contributed by atoms with Gasteiger partial charge in [-0.05, 0) is 0 Å². The Labute approximate surface area is 172 Å². The fraction of sp³-hybridized carbons (Fsp3) is 0.882. The largest absolute Gasteiger partial charge is 0.382 e. The number of hydrogen-bond donors (Lipinski definition) is 0. The van der Waals surface area contributed by atoms with Gasteiger partial charge in [-0.1, -0.05) is 6.08 Å². The van der Waals surface area contributed by atoms with Crippen LogP contribution in [0.15, 0.2) is 12.7 Å². The molecule has 0 unspecified atom stereocenters. The summed E-state index contributed by atoms with van der Waals surface area (Å²) in [7, 11) is 2.29. The van der Waals surface area contributed by atoms with Gasteiger partial charge in [0, 0.05) is 28.4 Å². The van der Waals surface area contributed by atoms with E-state index in [1.807, 2.05) is 0 Å². The van der Waals surface area contributed by atoms with E-state index in [4.69, 9.17) is 46.9 Å². The number of allylic oxidation sites excluding steroid dienone is 1. The summed E-state index contributed by atoms with van der Waals surface area (Å²) in [5, 5.41) is 0. The van der Waals surface area contributed by atoms with Gasteiger partial charge >= 0.3 is 7.60 Å². The maximum absolute atomic E-state index is 13.2. The van der Waals surface area contributed by atoms with Crippen molar-refractivity contribution in [2.24, 2.45) is 0 Å². The summed E-state index contributed by atoms with van der Waals surface area (Å²) in [5.74, 6) is 0. The summed E-state index contributed by atoms with van der Waals surface area (Å²) in [6.45, 7) is 2.83. The normalized spacial score (nSPS) is 12.2. The first kappa shape index (κ1) is 28.6. The van der Waals surface area contributed by atoms with Crippen LogP contribution in [0.1, 0.15) is 0 Å². The van der Waals surface area contributed by atoms with Crippen LogP contribution in [0.5, 0.6) is 0 Å². The molecular weight excluding hydrogens is 411 g/mol. The Morgan fingerprint density at radius 1 is 0.655 bits per heavy atom. The highest BCUT2D eigenvalue weighted by atomic mass is 31.2. The van der Waals surface area contributed by atoms with Crippen molar-refractivity contribution in [3.05, 3.63) is 12.7 Å². The quantitative estimate of drug-likeness (QED) is 0.105. The Morgan fingerprint density at radius 3 is 1.21 bits per heavy atom. The molecular formula is C17H35O11P. The van der Waals surface area contributed by atoms with Crippen molar-refractivity contribution in [3.8, 4) is 0 Å². The maximum atomic E-state index is 13.2. The topological polar surface area (TPSA) is 109 Å². The van der Waals surface area contributed by atoms with Gasteiger partial charge in [-0.15, -0.1) is 6.58 Å². The molecule has 0 saturated carbocycles. The second kappa shape index (κ2) is 19.5. The summed E-state index contributed by atoms with van der Waals surface area (Å²) in [4.78, 5) is 0. The van der Waals surface area contributed by atoms with Gasteiger partial charge in [-0.25, -0.2) is 0 Å². The fourth-order valence-electron chi connectivity index (χ4n) is 1.66. The molecule has 0 aliphatic heterocycles. The molecule has 174 valence electrons. The molecule has 0 aliphatic carbocycles. The summed E-state index contributed by atoms with van der Waals surface area (Å²) < 4.78 is 65.6. The molecule has 0 amide bonds. The van der Waals surface area contributed by atoms with Crippen molar-refractivity contribution in [2.45, 2.75) is 13.0 Å². The summed E-state index contributed by atoms with van der Waals surface area (Å²) in [6, 6.07) is 0. The van der Waals surface area contributed by atoms with Gasteiger partial charge in [0.2, 0.25) is 0 Å². The highest BCUT2D eigenvalue weighted by molar-refractivity contribution is 7.54. The average molecular weight is 446 g/mol.